The molecule has 1 amide bonds. The fourth-order valence-electron chi connectivity index (χ4n) is 1.79. The Bertz CT molecular complexity index is 570. The largest absolute Gasteiger partial charge is 0.352 e. The number of nitrogens with zero attached hydrogens (tertiary/aromatic N) is 1. The summed E-state index contributed by atoms with van der Waals surface area (Å²) in [5, 5.41) is 2.72. The van der Waals surface area contributed by atoms with Gasteiger partial charge in [0.1, 0.15) is 5.82 Å². The number of carbonyl (C=O) groups is 1. The summed E-state index contributed by atoms with van der Waals surface area (Å²) in [4.78, 5) is 15.8. The summed E-state index contributed by atoms with van der Waals surface area (Å²) in [7, 11) is 0. The second-order valence-corrected chi connectivity index (χ2v) is 4.30. The van der Waals surface area contributed by atoms with Gasteiger partial charge in [0.25, 0.3) is 5.91 Å². The Hall–Kier alpha value is -2.23. The van der Waals surface area contributed by atoms with E-state index in [1.54, 1.807) is 31.5 Å². The maximum Gasteiger partial charge on any atom is 0.254 e. The van der Waals surface area contributed by atoms with E-state index >= 15 is 0 Å². The molecule has 2 aromatic rings. The highest BCUT2D eigenvalue weighted by molar-refractivity contribution is 5.94. The predicted molar refractivity (Wildman–Crippen MR) is 71.4 cm³/mol. The number of amides is 1. The molecule has 0 aliphatic carbocycles. The number of hydrogen-bond acceptors (Lipinski definition) is 2. The molecule has 0 aliphatic rings. The third-order valence-corrected chi connectivity index (χ3v) is 2.89. The monoisotopic (exact) mass is 258 g/mol. The van der Waals surface area contributed by atoms with Crippen molar-refractivity contribution in [3.63, 3.8) is 0 Å². The molecule has 2 rings (SSSR count). The van der Waals surface area contributed by atoms with Crippen molar-refractivity contribution in [1.82, 2.24) is 10.3 Å². The average molecular weight is 258 g/mol. The van der Waals surface area contributed by atoms with Gasteiger partial charge in [-0.25, -0.2) is 4.39 Å². The first-order chi connectivity index (χ1) is 9.18. The highest BCUT2D eigenvalue weighted by Crippen LogP contribution is 2.11. The summed E-state index contributed by atoms with van der Waals surface area (Å²) in [5.74, 6) is -0.834. The summed E-state index contributed by atoms with van der Waals surface area (Å²) in [5.41, 5.74) is 1.65. The van der Waals surface area contributed by atoms with Crippen LogP contribution in [-0.2, 0) is 6.42 Å². The zero-order valence-corrected chi connectivity index (χ0v) is 10.7. The van der Waals surface area contributed by atoms with Gasteiger partial charge in [0, 0.05) is 18.9 Å². The van der Waals surface area contributed by atoms with Crippen LogP contribution >= 0.6 is 0 Å². The molecule has 98 valence electrons. The van der Waals surface area contributed by atoms with Gasteiger partial charge in [0.05, 0.1) is 5.56 Å². The molecule has 0 aliphatic heterocycles. The van der Waals surface area contributed by atoms with Gasteiger partial charge in [-0.1, -0.05) is 12.1 Å². The van der Waals surface area contributed by atoms with Gasteiger partial charge < -0.3 is 5.32 Å². The second-order valence-electron chi connectivity index (χ2n) is 4.30. The smallest absolute Gasteiger partial charge is 0.254 e. The number of pyridine rings is 1. The van der Waals surface area contributed by atoms with Gasteiger partial charge in [-0.15, -0.1) is 0 Å². The van der Waals surface area contributed by atoms with E-state index < -0.39 is 5.82 Å². The maximum absolute atomic E-state index is 13.7. The lowest BCUT2D eigenvalue weighted by Gasteiger charge is -2.07. The number of rotatable bonds is 4. The van der Waals surface area contributed by atoms with Crippen LogP contribution in [-0.4, -0.2) is 17.4 Å². The third-order valence-electron chi connectivity index (χ3n) is 2.89. The van der Waals surface area contributed by atoms with Crippen molar-refractivity contribution < 1.29 is 9.18 Å². The number of benzene rings is 1. The molecule has 0 unspecified atom stereocenters. The van der Waals surface area contributed by atoms with Crippen LogP contribution in [0, 0.1) is 12.7 Å². The maximum atomic E-state index is 13.7. The van der Waals surface area contributed by atoms with E-state index in [9.17, 15) is 9.18 Å². The van der Waals surface area contributed by atoms with Crippen molar-refractivity contribution in [3.05, 3.63) is 65.2 Å². The van der Waals surface area contributed by atoms with Crippen molar-refractivity contribution >= 4 is 5.91 Å². The molecule has 0 fully saturated rings. The second kappa shape index (κ2) is 6.09. The average Bonchev–Trinajstić information content (AvgIpc) is 2.43. The number of nitrogens with one attached hydrogen (secondary N) is 1. The van der Waals surface area contributed by atoms with E-state index in [-0.39, 0.29) is 11.5 Å². The first-order valence-corrected chi connectivity index (χ1v) is 6.10. The molecule has 0 spiro atoms. The van der Waals surface area contributed by atoms with Crippen molar-refractivity contribution in [2.45, 2.75) is 13.3 Å². The number of hydrogen-bond donors (Lipinski definition) is 1. The Kier molecular flexibility index (Phi) is 4.23. The zero-order chi connectivity index (χ0) is 13.7. The number of carbonyl (C=O) groups excluding carboxylic acids is 1. The molecule has 1 aromatic heterocycles. The van der Waals surface area contributed by atoms with Gasteiger partial charge in [0.2, 0.25) is 0 Å². The van der Waals surface area contributed by atoms with Crippen molar-refractivity contribution in [2.75, 3.05) is 6.54 Å². The molecule has 1 heterocycles. The molecule has 0 atom stereocenters. The van der Waals surface area contributed by atoms with Crippen LogP contribution < -0.4 is 5.32 Å². The fourth-order valence-corrected chi connectivity index (χ4v) is 1.79. The van der Waals surface area contributed by atoms with E-state index in [2.05, 4.69) is 10.3 Å². The summed E-state index contributed by atoms with van der Waals surface area (Å²) in [6.45, 7) is 2.11. The van der Waals surface area contributed by atoms with Crippen LogP contribution in [0.3, 0.4) is 0 Å². The molecule has 0 bridgehead atoms. The van der Waals surface area contributed by atoms with Gasteiger partial charge in [0.15, 0.2) is 0 Å². The molecular formula is C15H15FN2O. The quantitative estimate of drug-likeness (QED) is 0.915. The zero-order valence-electron chi connectivity index (χ0n) is 10.7. The normalized spacial score (nSPS) is 10.2. The van der Waals surface area contributed by atoms with Gasteiger partial charge in [-0.3, -0.25) is 9.78 Å². The lowest BCUT2D eigenvalue weighted by molar-refractivity contribution is 0.0950. The predicted octanol–water partition coefficient (Wildman–Crippen LogP) is 2.50. The standard InChI is InChI=1S/C15H15FN2O/c1-11-3-2-4-13(14(11)16)15(19)18-10-7-12-5-8-17-9-6-12/h2-6,8-9H,7,10H2,1H3,(H,18,19). The van der Waals surface area contributed by atoms with Crippen LogP contribution in [0.2, 0.25) is 0 Å². The molecular weight excluding hydrogens is 243 g/mol. The summed E-state index contributed by atoms with van der Waals surface area (Å²) < 4.78 is 13.7. The summed E-state index contributed by atoms with van der Waals surface area (Å²) >= 11 is 0. The number of aromatic nitrogens is 1. The lowest BCUT2D eigenvalue weighted by atomic mass is 10.1. The first kappa shape index (κ1) is 13.2. The first-order valence-electron chi connectivity index (χ1n) is 6.10. The van der Waals surface area contributed by atoms with E-state index in [4.69, 9.17) is 0 Å². The van der Waals surface area contributed by atoms with E-state index in [1.807, 2.05) is 12.1 Å². The Morgan fingerprint density at radius 2 is 2.00 bits per heavy atom. The van der Waals surface area contributed by atoms with Gasteiger partial charge in [-0.2, -0.15) is 0 Å². The molecule has 1 N–H and O–H groups in total. The Balaban J connectivity index is 1.93. The van der Waals surface area contributed by atoms with Crippen molar-refractivity contribution in [2.24, 2.45) is 0 Å². The minimum absolute atomic E-state index is 0.0923. The van der Waals surface area contributed by atoms with Gasteiger partial charge in [-0.05, 0) is 42.7 Å². The highest BCUT2D eigenvalue weighted by Gasteiger charge is 2.12. The molecule has 3 nitrogen and oxygen atoms in total. The minimum atomic E-state index is -0.455. The van der Waals surface area contributed by atoms with Crippen LogP contribution in [0.1, 0.15) is 21.5 Å². The molecule has 0 radical (unpaired) electrons. The van der Waals surface area contributed by atoms with Gasteiger partial charge >= 0.3 is 0 Å². The molecule has 0 saturated carbocycles. The number of halogens is 1. The van der Waals surface area contributed by atoms with E-state index in [0.717, 1.165) is 5.56 Å². The summed E-state index contributed by atoms with van der Waals surface area (Å²) in [6, 6.07) is 8.59. The molecule has 1 aromatic carbocycles. The summed E-state index contributed by atoms with van der Waals surface area (Å²) in [6.07, 6.45) is 4.11. The molecule has 4 heteroatoms. The van der Waals surface area contributed by atoms with Crippen molar-refractivity contribution in [3.8, 4) is 0 Å². The number of aryl methyl sites for hydroxylation is 1. The topological polar surface area (TPSA) is 42.0 Å². The molecule has 0 saturated heterocycles. The van der Waals surface area contributed by atoms with Crippen LogP contribution in [0.25, 0.3) is 0 Å². The minimum Gasteiger partial charge on any atom is -0.352 e. The Morgan fingerprint density at radius 1 is 1.26 bits per heavy atom. The van der Waals surface area contributed by atoms with Crippen LogP contribution in [0.5, 0.6) is 0 Å². The van der Waals surface area contributed by atoms with Crippen LogP contribution in [0.15, 0.2) is 42.7 Å². The van der Waals surface area contributed by atoms with Crippen molar-refractivity contribution in [1.29, 1.82) is 0 Å². The highest BCUT2D eigenvalue weighted by atomic mass is 19.1. The Morgan fingerprint density at radius 3 is 2.74 bits per heavy atom. The molecule has 19 heavy (non-hydrogen) atoms. The third kappa shape index (κ3) is 3.37. The SMILES string of the molecule is Cc1cccc(C(=O)NCCc2ccncc2)c1F. The fraction of sp³-hybridized carbons (Fsp3) is 0.200. The van der Waals surface area contributed by atoms with E-state index in [0.29, 0.717) is 18.5 Å². The van der Waals surface area contributed by atoms with E-state index in [1.165, 1.54) is 6.07 Å². The Labute approximate surface area is 111 Å². The van der Waals surface area contributed by atoms with Crippen LogP contribution in [0.4, 0.5) is 4.39 Å². The lowest BCUT2D eigenvalue weighted by Crippen LogP contribution is -2.26.